The molecule has 0 spiro atoms. The highest BCUT2D eigenvalue weighted by Gasteiger charge is 2.34. The van der Waals surface area contributed by atoms with E-state index in [1.54, 1.807) is 6.92 Å². The number of halogens is 3. The minimum absolute atomic E-state index is 0.114. The second kappa shape index (κ2) is 4.10. The van der Waals surface area contributed by atoms with E-state index in [9.17, 15) is 13.2 Å². The maximum absolute atomic E-state index is 12.6. The van der Waals surface area contributed by atoms with Gasteiger partial charge in [-0.05, 0) is 30.2 Å². The first kappa shape index (κ1) is 11.8. The van der Waals surface area contributed by atoms with Crippen molar-refractivity contribution in [3.63, 3.8) is 0 Å². The molecule has 1 unspecified atom stereocenters. The van der Waals surface area contributed by atoms with Gasteiger partial charge in [-0.1, -0.05) is 13.0 Å². The monoisotopic (exact) mass is 219 g/mol. The first-order chi connectivity index (χ1) is 6.86. The van der Waals surface area contributed by atoms with Gasteiger partial charge >= 0.3 is 6.18 Å². The van der Waals surface area contributed by atoms with Crippen molar-refractivity contribution >= 4 is 0 Å². The number of rotatable bonds is 2. The Morgan fingerprint density at radius 1 is 1.40 bits per heavy atom. The number of alkyl halides is 3. The van der Waals surface area contributed by atoms with Gasteiger partial charge in [0, 0.05) is 0 Å². The molecule has 2 nitrogen and oxygen atoms in total. The fourth-order valence-corrected chi connectivity index (χ4v) is 1.35. The van der Waals surface area contributed by atoms with E-state index in [1.165, 1.54) is 12.1 Å². The van der Waals surface area contributed by atoms with Crippen LogP contribution in [0.2, 0.25) is 0 Å². The Bertz CT molecular complexity index is 349. The smallest absolute Gasteiger partial charge is 0.416 e. The lowest BCUT2D eigenvalue weighted by atomic mass is 9.95. The molecule has 0 aliphatic carbocycles. The lowest BCUT2D eigenvalue weighted by molar-refractivity contribution is -0.138. The van der Waals surface area contributed by atoms with E-state index in [4.69, 9.17) is 10.8 Å². The molecule has 0 saturated carbocycles. The van der Waals surface area contributed by atoms with E-state index in [1.807, 2.05) is 0 Å². The summed E-state index contributed by atoms with van der Waals surface area (Å²) >= 11 is 0. The van der Waals surface area contributed by atoms with Crippen LogP contribution < -0.4 is 5.73 Å². The molecule has 5 heteroatoms. The van der Waals surface area contributed by atoms with Gasteiger partial charge in [0.15, 0.2) is 0 Å². The summed E-state index contributed by atoms with van der Waals surface area (Å²) < 4.78 is 37.7. The molecule has 84 valence electrons. The first-order valence-corrected chi connectivity index (χ1v) is 4.46. The summed E-state index contributed by atoms with van der Waals surface area (Å²) in [6.07, 6.45) is -4.46. The van der Waals surface area contributed by atoms with Crippen LogP contribution in [-0.4, -0.2) is 11.7 Å². The first-order valence-electron chi connectivity index (χ1n) is 4.46. The van der Waals surface area contributed by atoms with Crippen LogP contribution in [0.15, 0.2) is 18.2 Å². The zero-order valence-electron chi connectivity index (χ0n) is 8.17. The molecular weight excluding hydrogens is 207 g/mol. The van der Waals surface area contributed by atoms with Gasteiger partial charge in [-0.3, -0.25) is 0 Å². The zero-order chi connectivity index (χ0) is 11.6. The highest BCUT2D eigenvalue weighted by atomic mass is 19.4. The van der Waals surface area contributed by atoms with Crippen LogP contribution in [0.3, 0.4) is 0 Å². The Labute approximate surface area is 85.5 Å². The highest BCUT2D eigenvalue weighted by molar-refractivity contribution is 5.38. The van der Waals surface area contributed by atoms with Crippen LogP contribution in [0, 0.1) is 0 Å². The third kappa shape index (κ3) is 2.62. The van der Waals surface area contributed by atoms with E-state index >= 15 is 0 Å². The predicted octanol–water partition coefficient (Wildman–Crippen LogP) is 2.47. The summed E-state index contributed by atoms with van der Waals surface area (Å²) in [7, 11) is 0. The van der Waals surface area contributed by atoms with Gasteiger partial charge in [-0.2, -0.15) is 13.2 Å². The summed E-state index contributed by atoms with van der Waals surface area (Å²) in [6, 6.07) is 3.22. The van der Waals surface area contributed by atoms with Gasteiger partial charge in [-0.15, -0.1) is 0 Å². The molecule has 1 rings (SSSR count). The molecule has 0 aliphatic heterocycles. The number of hydrogen-bond acceptors (Lipinski definition) is 2. The molecule has 1 aromatic rings. The Morgan fingerprint density at radius 2 is 2.00 bits per heavy atom. The quantitative estimate of drug-likeness (QED) is 0.802. The van der Waals surface area contributed by atoms with Crippen molar-refractivity contribution in [1.29, 1.82) is 0 Å². The maximum atomic E-state index is 12.6. The second-order valence-electron chi connectivity index (χ2n) is 3.41. The average molecular weight is 219 g/mol. The summed E-state index contributed by atoms with van der Waals surface area (Å²) in [5, 5.41) is 9.02. The molecule has 0 radical (unpaired) electrons. The van der Waals surface area contributed by atoms with Crippen molar-refractivity contribution in [3.8, 4) is 5.75 Å². The fourth-order valence-electron chi connectivity index (χ4n) is 1.35. The molecule has 1 atom stereocenters. The van der Waals surface area contributed by atoms with Crippen LogP contribution in [0.25, 0.3) is 0 Å². The summed E-state index contributed by atoms with van der Waals surface area (Å²) in [5.74, 6) is -0.780. The van der Waals surface area contributed by atoms with Crippen LogP contribution in [0.4, 0.5) is 13.2 Å². The number of nitrogens with two attached hydrogens (primary N) is 1. The molecule has 0 saturated heterocycles. The normalized spacial score (nSPS) is 13.9. The Kier molecular flexibility index (Phi) is 3.24. The molecule has 0 aromatic heterocycles. The molecule has 0 fully saturated rings. The summed E-state index contributed by atoms with van der Waals surface area (Å²) in [4.78, 5) is 0. The molecule has 15 heavy (non-hydrogen) atoms. The number of hydrogen-bond donors (Lipinski definition) is 2. The highest BCUT2D eigenvalue weighted by Crippen LogP contribution is 2.36. The second-order valence-corrected chi connectivity index (χ2v) is 3.41. The largest absolute Gasteiger partial charge is 0.508 e. The van der Waals surface area contributed by atoms with Crippen LogP contribution in [0.1, 0.15) is 24.0 Å². The number of phenolic OH excluding ortho intramolecular Hbond substituents is 1. The molecule has 0 amide bonds. The van der Waals surface area contributed by atoms with Gasteiger partial charge in [0.25, 0.3) is 0 Å². The standard InChI is InChI=1S/C10H12F3NO/c1-6(5-14)8-3-2-7(15)4-9(8)10(11,12)13/h2-4,6,15H,5,14H2,1H3. The third-order valence-corrected chi connectivity index (χ3v) is 2.23. The van der Waals surface area contributed by atoms with E-state index < -0.39 is 17.5 Å². The average Bonchev–Trinajstić information content (AvgIpc) is 2.15. The van der Waals surface area contributed by atoms with Gasteiger partial charge < -0.3 is 10.8 Å². The van der Waals surface area contributed by atoms with Crippen molar-refractivity contribution in [2.45, 2.75) is 19.0 Å². The number of phenols is 1. The third-order valence-electron chi connectivity index (χ3n) is 2.23. The van der Waals surface area contributed by atoms with Crippen LogP contribution in [-0.2, 0) is 6.18 Å². The number of benzene rings is 1. The van der Waals surface area contributed by atoms with Crippen LogP contribution >= 0.6 is 0 Å². The SMILES string of the molecule is CC(CN)c1ccc(O)cc1C(F)(F)F. The molecule has 1 aromatic carbocycles. The Morgan fingerprint density at radius 3 is 2.47 bits per heavy atom. The van der Waals surface area contributed by atoms with E-state index in [0.29, 0.717) is 0 Å². The molecular formula is C10H12F3NO. The van der Waals surface area contributed by atoms with Crippen molar-refractivity contribution in [2.24, 2.45) is 5.73 Å². The van der Waals surface area contributed by atoms with Gasteiger partial charge in [0.2, 0.25) is 0 Å². The van der Waals surface area contributed by atoms with E-state index in [2.05, 4.69) is 0 Å². The van der Waals surface area contributed by atoms with Crippen molar-refractivity contribution < 1.29 is 18.3 Å². The topological polar surface area (TPSA) is 46.2 Å². The molecule has 0 bridgehead atoms. The van der Waals surface area contributed by atoms with Crippen molar-refractivity contribution in [3.05, 3.63) is 29.3 Å². The lowest BCUT2D eigenvalue weighted by Crippen LogP contribution is -2.15. The summed E-state index contributed by atoms with van der Waals surface area (Å²) in [5.41, 5.74) is 4.62. The minimum atomic E-state index is -4.46. The molecule has 0 heterocycles. The fraction of sp³-hybridized carbons (Fsp3) is 0.400. The molecule has 0 aliphatic rings. The summed E-state index contributed by atoms with van der Waals surface area (Å²) in [6.45, 7) is 1.75. The Balaban J connectivity index is 3.27. The van der Waals surface area contributed by atoms with Gasteiger partial charge in [-0.25, -0.2) is 0 Å². The number of aromatic hydroxyl groups is 1. The van der Waals surface area contributed by atoms with Gasteiger partial charge in [0.05, 0.1) is 5.56 Å². The zero-order valence-corrected chi connectivity index (χ0v) is 8.17. The maximum Gasteiger partial charge on any atom is 0.416 e. The van der Waals surface area contributed by atoms with Gasteiger partial charge in [0.1, 0.15) is 5.75 Å². The predicted molar refractivity (Wildman–Crippen MR) is 50.6 cm³/mol. The van der Waals surface area contributed by atoms with Crippen molar-refractivity contribution in [2.75, 3.05) is 6.54 Å². The van der Waals surface area contributed by atoms with Crippen LogP contribution in [0.5, 0.6) is 5.75 Å². The van der Waals surface area contributed by atoms with E-state index in [0.717, 1.165) is 6.07 Å². The van der Waals surface area contributed by atoms with Crippen molar-refractivity contribution in [1.82, 2.24) is 0 Å². The molecule has 3 N–H and O–H groups in total. The lowest BCUT2D eigenvalue weighted by Gasteiger charge is -2.17. The Hall–Kier alpha value is -1.23. The van der Waals surface area contributed by atoms with E-state index in [-0.39, 0.29) is 18.0 Å². The minimum Gasteiger partial charge on any atom is -0.508 e.